The molecule has 0 unspecified atom stereocenters. The molecule has 1 fully saturated rings. The van der Waals surface area contributed by atoms with Gasteiger partial charge in [0, 0.05) is 0 Å². The number of carboxylic acids is 1. The van der Waals surface area contributed by atoms with E-state index in [0.29, 0.717) is 13.0 Å². The molecule has 0 radical (unpaired) electrons. The van der Waals surface area contributed by atoms with Gasteiger partial charge in [-0.1, -0.05) is 0 Å². The Balaban J connectivity index is 2.79. The van der Waals surface area contributed by atoms with Crippen LogP contribution >= 0.6 is 7.60 Å². The van der Waals surface area contributed by atoms with E-state index in [4.69, 9.17) is 14.9 Å². The third-order valence-corrected chi connectivity index (χ3v) is 3.54. The molecule has 1 heterocycles. The zero-order chi connectivity index (χ0) is 10.1. The fraction of sp³-hybridized carbons (Fsp3) is 0.833. The number of nitrogens with one attached hydrogen (secondary N) is 1. The monoisotopic (exact) mass is 209 g/mol. The van der Waals surface area contributed by atoms with Crippen LogP contribution in [-0.4, -0.2) is 39.1 Å². The molecular formula is C6H12NO5P. The van der Waals surface area contributed by atoms with Gasteiger partial charge in [0.15, 0.2) is 0 Å². The van der Waals surface area contributed by atoms with Crippen molar-refractivity contribution in [1.29, 1.82) is 0 Å². The highest BCUT2D eigenvalue weighted by atomic mass is 31.2. The van der Waals surface area contributed by atoms with Crippen molar-refractivity contribution >= 4 is 13.6 Å². The Labute approximate surface area is 75.1 Å². The van der Waals surface area contributed by atoms with Gasteiger partial charge in [0.25, 0.3) is 0 Å². The molecule has 1 aliphatic rings. The van der Waals surface area contributed by atoms with Crippen molar-refractivity contribution < 1.29 is 24.3 Å². The fourth-order valence-electron chi connectivity index (χ4n) is 1.49. The van der Waals surface area contributed by atoms with Crippen LogP contribution in [-0.2, 0) is 9.36 Å². The van der Waals surface area contributed by atoms with Gasteiger partial charge in [-0.25, -0.2) is 0 Å². The van der Waals surface area contributed by atoms with Gasteiger partial charge in [-0.2, -0.15) is 0 Å². The van der Waals surface area contributed by atoms with Gasteiger partial charge in [0.05, 0.1) is 5.66 Å². The van der Waals surface area contributed by atoms with Crippen LogP contribution in [0.25, 0.3) is 0 Å². The van der Waals surface area contributed by atoms with Crippen LogP contribution in [0.5, 0.6) is 0 Å². The van der Waals surface area contributed by atoms with Crippen molar-refractivity contribution in [3.8, 4) is 0 Å². The quantitative estimate of drug-likeness (QED) is 0.451. The van der Waals surface area contributed by atoms with E-state index in [9.17, 15) is 9.36 Å². The average Bonchev–Trinajstić information content (AvgIpc) is 2.03. The predicted molar refractivity (Wildman–Crippen MR) is 44.5 cm³/mol. The van der Waals surface area contributed by atoms with Gasteiger partial charge < -0.3 is 20.2 Å². The molecule has 0 spiro atoms. The van der Waals surface area contributed by atoms with Gasteiger partial charge in [-0.15, -0.1) is 0 Å². The van der Waals surface area contributed by atoms with Crippen molar-refractivity contribution in [3.63, 3.8) is 0 Å². The fourth-order valence-corrected chi connectivity index (χ4v) is 2.63. The van der Waals surface area contributed by atoms with E-state index < -0.39 is 25.3 Å². The minimum absolute atomic E-state index is 0.258. The van der Waals surface area contributed by atoms with Crippen molar-refractivity contribution in [3.05, 3.63) is 0 Å². The van der Waals surface area contributed by atoms with Crippen LogP contribution in [0, 0.1) is 0 Å². The zero-order valence-corrected chi connectivity index (χ0v) is 7.78. The van der Waals surface area contributed by atoms with Gasteiger partial charge in [-0.3, -0.25) is 9.36 Å². The molecule has 0 saturated carbocycles. The molecular weight excluding hydrogens is 197 g/mol. The molecule has 13 heavy (non-hydrogen) atoms. The first-order valence-corrected chi connectivity index (χ1v) is 5.62. The summed E-state index contributed by atoms with van der Waals surface area (Å²) in [5.41, 5.74) is -1.08. The van der Waals surface area contributed by atoms with Crippen molar-refractivity contribution in [2.45, 2.75) is 24.5 Å². The van der Waals surface area contributed by atoms with E-state index in [2.05, 4.69) is 5.32 Å². The topological polar surface area (TPSA) is 107 Å². The SMILES string of the molecule is O=C(O)[C@@H]1NCCC[C@H]1P(=O)(O)O. The maximum Gasteiger partial charge on any atom is 0.330 e. The second kappa shape index (κ2) is 3.75. The Hall–Kier alpha value is -0.420. The Kier molecular flexibility index (Phi) is 3.08. The molecule has 0 aromatic rings. The Bertz CT molecular complexity index is 249. The van der Waals surface area contributed by atoms with E-state index in [-0.39, 0.29) is 6.42 Å². The molecule has 76 valence electrons. The molecule has 6 nitrogen and oxygen atoms in total. The largest absolute Gasteiger partial charge is 0.480 e. The molecule has 7 heteroatoms. The third-order valence-electron chi connectivity index (χ3n) is 2.12. The first-order valence-electron chi connectivity index (χ1n) is 3.94. The number of carboxylic acid groups (broad SMARTS) is 1. The number of hydrogen-bond donors (Lipinski definition) is 4. The molecule has 4 N–H and O–H groups in total. The van der Waals surface area contributed by atoms with E-state index >= 15 is 0 Å². The van der Waals surface area contributed by atoms with E-state index in [1.807, 2.05) is 0 Å². The third kappa shape index (κ3) is 2.51. The summed E-state index contributed by atoms with van der Waals surface area (Å²) >= 11 is 0. The smallest absolute Gasteiger partial charge is 0.330 e. The summed E-state index contributed by atoms with van der Waals surface area (Å²) in [6.45, 7) is 0.494. The molecule has 0 aromatic heterocycles. The number of piperidine rings is 1. The Morgan fingerprint density at radius 2 is 2.08 bits per heavy atom. The number of aliphatic carboxylic acids is 1. The van der Waals surface area contributed by atoms with Gasteiger partial charge in [0.2, 0.25) is 0 Å². The molecule has 0 bridgehead atoms. The summed E-state index contributed by atoms with van der Waals surface area (Å²) in [6, 6.07) is -1.12. The average molecular weight is 209 g/mol. The first-order chi connectivity index (χ1) is 5.93. The summed E-state index contributed by atoms with van der Waals surface area (Å²) in [4.78, 5) is 28.3. The highest BCUT2D eigenvalue weighted by molar-refractivity contribution is 7.52. The summed E-state index contributed by atoms with van der Waals surface area (Å²) in [5.74, 6) is -1.20. The molecule has 1 saturated heterocycles. The maximum absolute atomic E-state index is 10.9. The molecule has 0 aliphatic carbocycles. The Morgan fingerprint density at radius 1 is 1.46 bits per heavy atom. The maximum atomic E-state index is 10.9. The van der Waals surface area contributed by atoms with Crippen molar-refractivity contribution in [2.75, 3.05) is 6.54 Å². The van der Waals surface area contributed by atoms with Crippen LogP contribution in [0.3, 0.4) is 0 Å². The van der Waals surface area contributed by atoms with Crippen LogP contribution in [0.4, 0.5) is 0 Å². The molecule has 0 aromatic carbocycles. The predicted octanol–water partition coefficient (Wildman–Crippen LogP) is -0.631. The summed E-state index contributed by atoms with van der Waals surface area (Å²) in [6.07, 6.45) is 0.855. The van der Waals surface area contributed by atoms with Gasteiger partial charge in [-0.05, 0) is 19.4 Å². The molecule has 0 amide bonds. The minimum Gasteiger partial charge on any atom is -0.480 e. The summed E-state index contributed by atoms with van der Waals surface area (Å²) in [5, 5.41) is 11.2. The lowest BCUT2D eigenvalue weighted by Crippen LogP contribution is -2.49. The molecule has 1 aliphatic heterocycles. The van der Waals surface area contributed by atoms with E-state index in [1.165, 1.54) is 0 Å². The summed E-state index contributed by atoms with van der Waals surface area (Å²) < 4.78 is 10.9. The molecule has 1 rings (SSSR count). The second-order valence-electron chi connectivity index (χ2n) is 3.07. The van der Waals surface area contributed by atoms with Crippen LogP contribution in [0.15, 0.2) is 0 Å². The zero-order valence-electron chi connectivity index (χ0n) is 6.88. The van der Waals surface area contributed by atoms with Crippen LogP contribution < -0.4 is 5.32 Å². The highest BCUT2D eigenvalue weighted by Gasteiger charge is 2.41. The standard InChI is InChI=1S/C6H12NO5P/c8-6(9)5-4(13(10,11)12)2-1-3-7-5/h4-5,7H,1-3H2,(H,8,9)(H2,10,11,12)/t4-,5-/m1/s1. The number of carbonyl (C=O) groups is 1. The second-order valence-corrected chi connectivity index (χ2v) is 4.91. The van der Waals surface area contributed by atoms with Crippen LogP contribution in [0.1, 0.15) is 12.8 Å². The van der Waals surface area contributed by atoms with Gasteiger partial charge in [0.1, 0.15) is 6.04 Å². The number of hydrogen-bond acceptors (Lipinski definition) is 3. The van der Waals surface area contributed by atoms with Gasteiger partial charge >= 0.3 is 13.6 Å². The Morgan fingerprint density at radius 3 is 2.46 bits per heavy atom. The normalized spacial score (nSPS) is 30.0. The molecule has 2 atom stereocenters. The highest BCUT2D eigenvalue weighted by Crippen LogP contribution is 2.46. The van der Waals surface area contributed by atoms with Crippen LogP contribution in [0.2, 0.25) is 0 Å². The lowest BCUT2D eigenvalue weighted by atomic mass is 10.0. The van der Waals surface area contributed by atoms with Crippen molar-refractivity contribution in [2.24, 2.45) is 0 Å². The van der Waals surface area contributed by atoms with E-state index in [1.54, 1.807) is 0 Å². The summed E-state index contributed by atoms with van der Waals surface area (Å²) in [7, 11) is -4.29. The van der Waals surface area contributed by atoms with E-state index in [0.717, 1.165) is 0 Å². The first kappa shape index (κ1) is 10.7. The lowest BCUT2D eigenvalue weighted by molar-refractivity contribution is -0.140. The van der Waals surface area contributed by atoms with Crippen molar-refractivity contribution in [1.82, 2.24) is 5.32 Å². The minimum atomic E-state index is -4.29. The lowest BCUT2D eigenvalue weighted by Gasteiger charge is -2.29. The number of rotatable bonds is 2.